The summed E-state index contributed by atoms with van der Waals surface area (Å²) in [6, 6.07) is 24.5. The number of fused-ring (bicyclic) bond motifs is 15. The van der Waals surface area contributed by atoms with Crippen molar-refractivity contribution in [2.24, 2.45) is 0 Å². The number of aromatic nitrogens is 4. The number of nitrogens with zero attached hydrogens (tertiary/aromatic N) is 4. The molecule has 0 aliphatic heterocycles. The summed E-state index contributed by atoms with van der Waals surface area (Å²) in [6.45, 7) is 0. The van der Waals surface area contributed by atoms with E-state index in [4.69, 9.17) is 9.97 Å². The molecule has 2 aliphatic carbocycles. The van der Waals surface area contributed by atoms with Crippen LogP contribution in [-0.2, 0) is 12.8 Å². The summed E-state index contributed by atoms with van der Waals surface area (Å²) < 4.78 is 2.19. The van der Waals surface area contributed by atoms with E-state index in [0.29, 0.717) is 0 Å². The van der Waals surface area contributed by atoms with Crippen molar-refractivity contribution in [3.8, 4) is 22.3 Å². The van der Waals surface area contributed by atoms with E-state index < -0.39 is 0 Å². The maximum absolute atomic E-state index is 5.02. The van der Waals surface area contributed by atoms with Crippen LogP contribution in [0.1, 0.15) is 22.3 Å². The van der Waals surface area contributed by atoms with Crippen molar-refractivity contribution in [2.75, 3.05) is 0 Å². The lowest BCUT2D eigenvalue weighted by molar-refractivity contribution is 1.22. The molecule has 9 rings (SSSR count). The van der Waals surface area contributed by atoms with Crippen molar-refractivity contribution < 1.29 is 0 Å². The molecule has 4 nitrogen and oxygen atoms in total. The number of hydrogen-bond donors (Lipinski definition) is 0. The van der Waals surface area contributed by atoms with Gasteiger partial charge in [-0.25, -0.2) is 9.97 Å². The molecular weight excluding hydrogens is 428 g/mol. The Bertz CT molecular complexity index is 2070. The Morgan fingerprint density at radius 2 is 1.63 bits per heavy atom. The second-order valence-electron chi connectivity index (χ2n) is 9.70. The minimum absolute atomic E-state index is 0.894. The van der Waals surface area contributed by atoms with E-state index in [2.05, 4.69) is 64.0 Å². The molecule has 4 heteroatoms. The highest BCUT2D eigenvalue weighted by atomic mass is 15.1. The Kier molecular flexibility index (Phi) is 3.11. The van der Waals surface area contributed by atoms with Crippen LogP contribution in [0.3, 0.4) is 0 Å². The Morgan fingerprint density at radius 3 is 2.63 bits per heavy atom. The largest absolute Gasteiger partial charge is 0.276 e. The summed E-state index contributed by atoms with van der Waals surface area (Å²) in [7, 11) is 0. The topological polar surface area (TPSA) is 43.1 Å². The molecule has 0 saturated carbocycles. The summed E-state index contributed by atoms with van der Waals surface area (Å²) in [5, 5.41) is 3.52. The maximum Gasteiger partial charge on any atom is 0.147 e. The zero-order chi connectivity index (χ0) is 22.7. The third kappa shape index (κ3) is 2.15. The summed E-state index contributed by atoms with van der Waals surface area (Å²) in [4.78, 5) is 14.1. The van der Waals surface area contributed by atoms with E-state index in [1.165, 1.54) is 55.3 Å². The fraction of sp³-hybridized carbons (Fsp3) is 0.0645. The van der Waals surface area contributed by atoms with Gasteiger partial charge in [-0.2, -0.15) is 0 Å². The van der Waals surface area contributed by atoms with Crippen molar-refractivity contribution in [3.63, 3.8) is 0 Å². The van der Waals surface area contributed by atoms with E-state index in [1.54, 1.807) is 0 Å². The van der Waals surface area contributed by atoms with Crippen molar-refractivity contribution >= 4 is 38.5 Å². The Labute approximate surface area is 200 Å². The molecule has 0 spiro atoms. The molecule has 0 saturated heterocycles. The summed E-state index contributed by atoms with van der Waals surface area (Å²) in [5.74, 6) is 0. The third-order valence-electron chi connectivity index (χ3n) is 7.95. The maximum atomic E-state index is 5.02. The van der Waals surface area contributed by atoms with Gasteiger partial charge in [0.05, 0.1) is 11.7 Å². The number of imidazole rings is 1. The van der Waals surface area contributed by atoms with Crippen LogP contribution in [0.25, 0.3) is 60.7 Å². The predicted molar refractivity (Wildman–Crippen MR) is 140 cm³/mol. The minimum Gasteiger partial charge on any atom is -0.276 e. The summed E-state index contributed by atoms with van der Waals surface area (Å²) in [5.41, 5.74) is 15.1. The Balaban J connectivity index is 1.40. The fourth-order valence-corrected chi connectivity index (χ4v) is 6.49. The van der Waals surface area contributed by atoms with E-state index in [9.17, 15) is 0 Å². The van der Waals surface area contributed by atoms with Gasteiger partial charge in [-0.15, -0.1) is 0 Å². The summed E-state index contributed by atoms with van der Waals surface area (Å²) >= 11 is 0. The number of pyridine rings is 3. The van der Waals surface area contributed by atoms with Crippen LogP contribution in [0.15, 0.2) is 85.3 Å². The molecule has 4 heterocycles. The third-order valence-corrected chi connectivity index (χ3v) is 7.95. The van der Waals surface area contributed by atoms with Gasteiger partial charge in [-0.3, -0.25) is 9.38 Å². The lowest BCUT2D eigenvalue weighted by atomic mass is 9.95. The van der Waals surface area contributed by atoms with Crippen LogP contribution in [-0.4, -0.2) is 19.4 Å². The van der Waals surface area contributed by atoms with Gasteiger partial charge in [0.2, 0.25) is 0 Å². The van der Waals surface area contributed by atoms with Gasteiger partial charge in [0.15, 0.2) is 0 Å². The molecule has 3 aromatic carbocycles. The van der Waals surface area contributed by atoms with Crippen molar-refractivity contribution in [1.82, 2.24) is 19.4 Å². The molecular formula is C31H18N4. The van der Waals surface area contributed by atoms with Gasteiger partial charge >= 0.3 is 0 Å². The first-order chi connectivity index (χ1) is 17.3. The van der Waals surface area contributed by atoms with Gasteiger partial charge < -0.3 is 0 Å². The van der Waals surface area contributed by atoms with E-state index in [1.807, 2.05) is 30.7 Å². The molecule has 0 fully saturated rings. The zero-order valence-electron chi connectivity index (χ0n) is 18.8. The first kappa shape index (κ1) is 17.8. The van der Waals surface area contributed by atoms with E-state index in [-0.39, 0.29) is 0 Å². The molecule has 4 aromatic heterocycles. The standard InChI is InChI=1S/C31H18N4/c1-2-5-20-17(4-1)12-18-7-8-21-23-15-24-22-6-3-10-33-30(22)35-28-9-11-32-16-27(28)34-31(35)26(24)14-19(23)13-25(21)29(18)20/h1-11,14-16H,12-13H2. The van der Waals surface area contributed by atoms with Gasteiger partial charge in [0.25, 0.3) is 0 Å². The monoisotopic (exact) mass is 446 g/mol. The van der Waals surface area contributed by atoms with Crippen LogP contribution in [0.2, 0.25) is 0 Å². The molecule has 0 bridgehead atoms. The second kappa shape index (κ2) is 6.10. The summed E-state index contributed by atoms with van der Waals surface area (Å²) in [6.07, 6.45) is 7.52. The van der Waals surface area contributed by atoms with Gasteiger partial charge in [0.1, 0.15) is 16.8 Å². The van der Waals surface area contributed by atoms with Crippen molar-refractivity contribution in [1.29, 1.82) is 0 Å². The van der Waals surface area contributed by atoms with Crippen LogP contribution in [0.5, 0.6) is 0 Å². The quantitative estimate of drug-likeness (QED) is 0.243. The SMILES string of the molecule is c1ccc2c(c1)Cc1ccc3c(c1-2)Cc1cc2c(cc1-3)c1cccnc1n1c3ccncc3nc21. The lowest BCUT2D eigenvalue weighted by Gasteiger charge is -2.11. The molecule has 0 N–H and O–H groups in total. The van der Waals surface area contributed by atoms with Gasteiger partial charge in [-0.1, -0.05) is 36.4 Å². The zero-order valence-corrected chi connectivity index (χ0v) is 18.8. The lowest BCUT2D eigenvalue weighted by Crippen LogP contribution is -1.95. The highest BCUT2D eigenvalue weighted by Gasteiger charge is 2.29. The molecule has 7 aromatic rings. The molecule has 2 aliphatic rings. The average molecular weight is 447 g/mol. The molecule has 162 valence electrons. The Hall–Kier alpha value is -4.57. The first-order valence-corrected chi connectivity index (χ1v) is 12.0. The fourth-order valence-electron chi connectivity index (χ4n) is 6.49. The highest BCUT2D eigenvalue weighted by Crippen LogP contribution is 2.49. The molecule has 0 amide bonds. The highest BCUT2D eigenvalue weighted by molar-refractivity contribution is 6.14. The average Bonchev–Trinajstić information content (AvgIpc) is 3.58. The molecule has 35 heavy (non-hydrogen) atoms. The normalized spacial score (nSPS) is 13.5. The Morgan fingerprint density at radius 1 is 0.657 bits per heavy atom. The van der Waals surface area contributed by atoms with Crippen molar-refractivity contribution in [3.05, 3.63) is 108 Å². The molecule has 0 atom stereocenters. The van der Waals surface area contributed by atoms with Gasteiger partial charge in [-0.05, 0) is 93.1 Å². The number of rotatable bonds is 0. The van der Waals surface area contributed by atoms with Gasteiger partial charge in [0, 0.05) is 23.2 Å². The van der Waals surface area contributed by atoms with Crippen molar-refractivity contribution in [2.45, 2.75) is 12.8 Å². The van der Waals surface area contributed by atoms with Crippen LogP contribution in [0.4, 0.5) is 0 Å². The minimum atomic E-state index is 0.894. The smallest absolute Gasteiger partial charge is 0.147 e. The van der Waals surface area contributed by atoms with Crippen LogP contribution in [0, 0.1) is 0 Å². The van der Waals surface area contributed by atoms with Crippen LogP contribution >= 0.6 is 0 Å². The second-order valence-corrected chi connectivity index (χ2v) is 9.70. The van der Waals surface area contributed by atoms with Crippen LogP contribution < -0.4 is 0 Å². The molecule has 0 radical (unpaired) electrons. The van der Waals surface area contributed by atoms with E-state index in [0.717, 1.165) is 40.6 Å². The number of benzene rings is 3. The predicted octanol–water partition coefficient (Wildman–Crippen LogP) is 6.73. The number of hydrogen-bond acceptors (Lipinski definition) is 3. The first-order valence-electron chi connectivity index (χ1n) is 12.0. The molecule has 0 unspecified atom stereocenters. The van der Waals surface area contributed by atoms with E-state index >= 15 is 0 Å².